The van der Waals surface area contributed by atoms with Crippen molar-refractivity contribution in [1.29, 1.82) is 0 Å². The van der Waals surface area contributed by atoms with Gasteiger partial charge >= 0.3 is 0 Å². The van der Waals surface area contributed by atoms with E-state index in [2.05, 4.69) is 57.6 Å². The SMILES string of the molecule is C/C=C\C(=C/C)CN1CCC[C@H](Nc2c(C(=O)NC)cnc3[nH]ccc23)C1. The van der Waals surface area contributed by atoms with Crippen molar-refractivity contribution in [3.05, 3.63) is 47.8 Å². The van der Waals surface area contributed by atoms with E-state index >= 15 is 0 Å². The molecule has 1 atom stereocenters. The van der Waals surface area contributed by atoms with E-state index in [4.69, 9.17) is 0 Å². The Bertz CT molecular complexity index is 851. The van der Waals surface area contributed by atoms with Crippen molar-refractivity contribution < 1.29 is 4.79 Å². The lowest BCUT2D eigenvalue weighted by molar-refractivity contribution is 0.0963. The summed E-state index contributed by atoms with van der Waals surface area (Å²) in [6.45, 7) is 7.15. The first kappa shape index (κ1) is 19.2. The summed E-state index contributed by atoms with van der Waals surface area (Å²) in [6.07, 6.45) is 12.2. The van der Waals surface area contributed by atoms with Crippen LogP contribution in [0.2, 0.25) is 0 Å². The van der Waals surface area contributed by atoms with Crippen LogP contribution in [0.1, 0.15) is 37.0 Å². The number of piperidine rings is 1. The number of allylic oxidation sites excluding steroid dienone is 2. The second-order valence-corrected chi connectivity index (χ2v) is 6.95. The first-order valence-corrected chi connectivity index (χ1v) is 9.61. The highest BCUT2D eigenvalue weighted by atomic mass is 16.1. The van der Waals surface area contributed by atoms with Gasteiger partial charge in [-0.1, -0.05) is 18.2 Å². The van der Waals surface area contributed by atoms with Crippen molar-refractivity contribution >= 4 is 22.6 Å². The number of hydrogen-bond acceptors (Lipinski definition) is 4. The first-order valence-electron chi connectivity index (χ1n) is 9.61. The molecule has 0 aromatic carbocycles. The highest BCUT2D eigenvalue weighted by molar-refractivity contribution is 6.06. The van der Waals surface area contributed by atoms with Gasteiger partial charge in [-0.15, -0.1) is 0 Å². The summed E-state index contributed by atoms with van der Waals surface area (Å²) >= 11 is 0. The van der Waals surface area contributed by atoms with Crippen molar-refractivity contribution in [3.8, 4) is 0 Å². The number of aromatic amines is 1. The molecule has 6 nitrogen and oxygen atoms in total. The molecule has 1 fully saturated rings. The molecule has 0 radical (unpaired) electrons. The van der Waals surface area contributed by atoms with Gasteiger partial charge in [0, 0.05) is 44.0 Å². The van der Waals surface area contributed by atoms with Gasteiger partial charge in [0.2, 0.25) is 0 Å². The van der Waals surface area contributed by atoms with Crippen LogP contribution < -0.4 is 10.6 Å². The number of H-pyrrole nitrogens is 1. The van der Waals surface area contributed by atoms with E-state index in [1.165, 1.54) is 5.57 Å². The number of nitrogens with zero attached hydrogens (tertiary/aromatic N) is 2. The van der Waals surface area contributed by atoms with E-state index in [0.717, 1.165) is 49.2 Å². The van der Waals surface area contributed by atoms with E-state index in [1.807, 2.05) is 12.3 Å². The molecule has 3 N–H and O–H groups in total. The molecule has 0 spiro atoms. The molecule has 2 aromatic rings. The van der Waals surface area contributed by atoms with Gasteiger partial charge in [0.25, 0.3) is 5.91 Å². The molecule has 0 unspecified atom stereocenters. The summed E-state index contributed by atoms with van der Waals surface area (Å²) in [5.41, 5.74) is 3.58. The van der Waals surface area contributed by atoms with Crippen molar-refractivity contribution in [2.45, 2.75) is 32.7 Å². The molecule has 1 saturated heterocycles. The maximum Gasteiger partial charge on any atom is 0.254 e. The average molecular weight is 367 g/mol. The number of nitrogens with one attached hydrogen (secondary N) is 3. The highest BCUT2D eigenvalue weighted by Gasteiger charge is 2.23. The fraction of sp³-hybridized carbons (Fsp3) is 0.429. The summed E-state index contributed by atoms with van der Waals surface area (Å²) in [5.74, 6) is -0.120. The van der Waals surface area contributed by atoms with Crippen LogP contribution in [0.3, 0.4) is 0 Å². The lowest BCUT2D eigenvalue weighted by Gasteiger charge is -2.34. The second-order valence-electron chi connectivity index (χ2n) is 6.95. The maximum atomic E-state index is 12.3. The van der Waals surface area contributed by atoms with Gasteiger partial charge in [-0.3, -0.25) is 9.69 Å². The van der Waals surface area contributed by atoms with E-state index in [1.54, 1.807) is 13.2 Å². The molecule has 2 aromatic heterocycles. The van der Waals surface area contributed by atoms with Crippen LogP contribution in [0.4, 0.5) is 5.69 Å². The smallest absolute Gasteiger partial charge is 0.254 e. The Morgan fingerprint density at radius 3 is 3.04 bits per heavy atom. The molecule has 0 aliphatic carbocycles. The molecule has 1 aliphatic rings. The molecule has 0 bridgehead atoms. The van der Waals surface area contributed by atoms with Gasteiger partial charge in [-0.05, 0) is 44.9 Å². The molecular weight excluding hydrogens is 338 g/mol. The molecule has 1 amide bonds. The normalized spacial score (nSPS) is 18.9. The minimum atomic E-state index is -0.120. The fourth-order valence-corrected chi connectivity index (χ4v) is 3.70. The van der Waals surface area contributed by atoms with E-state index < -0.39 is 0 Å². The Hall–Kier alpha value is -2.60. The lowest BCUT2D eigenvalue weighted by atomic mass is 10.0. The summed E-state index contributed by atoms with van der Waals surface area (Å²) in [6, 6.07) is 2.27. The van der Waals surface area contributed by atoms with Crippen molar-refractivity contribution in [3.63, 3.8) is 0 Å². The third-order valence-electron chi connectivity index (χ3n) is 5.07. The zero-order valence-electron chi connectivity index (χ0n) is 16.4. The lowest BCUT2D eigenvalue weighted by Crippen LogP contribution is -2.43. The fourth-order valence-electron chi connectivity index (χ4n) is 3.70. The van der Waals surface area contributed by atoms with Crippen LogP contribution in [0.15, 0.2) is 42.3 Å². The van der Waals surface area contributed by atoms with E-state index in [-0.39, 0.29) is 5.91 Å². The number of hydrogen-bond donors (Lipinski definition) is 3. The number of fused-ring (bicyclic) bond motifs is 1. The second kappa shape index (κ2) is 8.86. The van der Waals surface area contributed by atoms with Crippen molar-refractivity contribution in [2.24, 2.45) is 0 Å². The molecule has 144 valence electrons. The predicted molar refractivity (Wildman–Crippen MR) is 111 cm³/mol. The van der Waals surface area contributed by atoms with Crippen LogP contribution in [-0.2, 0) is 0 Å². The van der Waals surface area contributed by atoms with Crippen LogP contribution in [0.25, 0.3) is 11.0 Å². The van der Waals surface area contributed by atoms with Crippen LogP contribution in [0, 0.1) is 0 Å². The highest BCUT2D eigenvalue weighted by Crippen LogP contribution is 2.28. The topological polar surface area (TPSA) is 73.1 Å². The number of pyridine rings is 1. The zero-order chi connectivity index (χ0) is 19.2. The largest absolute Gasteiger partial charge is 0.380 e. The molecule has 1 aliphatic heterocycles. The third kappa shape index (κ3) is 4.39. The molecule has 0 saturated carbocycles. The summed E-state index contributed by atoms with van der Waals surface area (Å²) in [4.78, 5) is 22.3. The van der Waals surface area contributed by atoms with E-state index in [0.29, 0.717) is 11.6 Å². The van der Waals surface area contributed by atoms with Gasteiger partial charge in [0.1, 0.15) is 5.65 Å². The summed E-state index contributed by atoms with van der Waals surface area (Å²) < 4.78 is 0. The minimum Gasteiger partial charge on any atom is -0.380 e. The molecule has 3 heterocycles. The Balaban J connectivity index is 1.80. The van der Waals surface area contributed by atoms with Crippen molar-refractivity contribution in [2.75, 3.05) is 32.0 Å². The summed E-state index contributed by atoms with van der Waals surface area (Å²) in [7, 11) is 1.65. The Morgan fingerprint density at radius 2 is 2.30 bits per heavy atom. The number of aromatic nitrogens is 2. The Kier molecular flexibility index (Phi) is 6.29. The van der Waals surface area contributed by atoms with Crippen LogP contribution in [-0.4, -0.2) is 53.5 Å². The van der Waals surface area contributed by atoms with Gasteiger partial charge in [0.15, 0.2) is 0 Å². The van der Waals surface area contributed by atoms with Gasteiger partial charge in [0.05, 0.1) is 11.3 Å². The number of carbonyl (C=O) groups excluding carboxylic acids is 1. The first-order chi connectivity index (χ1) is 13.2. The molecule has 27 heavy (non-hydrogen) atoms. The van der Waals surface area contributed by atoms with Crippen molar-refractivity contribution in [1.82, 2.24) is 20.2 Å². The monoisotopic (exact) mass is 367 g/mol. The molecular formula is C21H29N5O. The standard InChI is InChI=1S/C21H29N5O/c1-4-7-15(5-2)13-26-11-6-8-16(14-26)25-19-17-9-10-23-20(17)24-12-18(19)21(27)22-3/h4-5,7,9-10,12,16H,6,8,11,13-14H2,1-3H3,(H,22,27)(H2,23,24,25)/b7-4-,15-5+/t16-/m0/s1. The van der Waals surface area contributed by atoms with E-state index in [9.17, 15) is 4.79 Å². The molecule has 6 heteroatoms. The predicted octanol–water partition coefficient (Wildman–Crippen LogP) is 3.32. The number of anilines is 1. The number of amides is 1. The maximum absolute atomic E-state index is 12.3. The number of rotatable bonds is 6. The number of likely N-dealkylation sites (tertiary alicyclic amines) is 1. The van der Waals surface area contributed by atoms with Gasteiger partial charge in [-0.2, -0.15) is 0 Å². The zero-order valence-corrected chi connectivity index (χ0v) is 16.4. The van der Waals surface area contributed by atoms with Gasteiger partial charge < -0.3 is 15.6 Å². The number of carbonyl (C=O) groups is 1. The molecule has 3 rings (SSSR count). The third-order valence-corrected chi connectivity index (χ3v) is 5.07. The quantitative estimate of drug-likeness (QED) is 0.685. The van der Waals surface area contributed by atoms with Crippen LogP contribution in [0.5, 0.6) is 0 Å². The average Bonchev–Trinajstić information content (AvgIpc) is 3.17. The Labute approximate surface area is 160 Å². The van der Waals surface area contributed by atoms with Crippen LogP contribution >= 0.6 is 0 Å². The van der Waals surface area contributed by atoms with Gasteiger partial charge in [-0.25, -0.2) is 4.98 Å². The minimum absolute atomic E-state index is 0.120. The Morgan fingerprint density at radius 1 is 1.44 bits per heavy atom. The summed E-state index contributed by atoms with van der Waals surface area (Å²) in [5, 5.41) is 7.32.